The highest BCUT2D eigenvalue weighted by molar-refractivity contribution is 6.35. The lowest BCUT2D eigenvalue weighted by Gasteiger charge is -2.44. The van der Waals surface area contributed by atoms with E-state index in [-0.39, 0.29) is 11.9 Å². The Morgan fingerprint density at radius 3 is 2.21 bits per heavy atom. The third kappa shape index (κ3) is 4.40. The van der Waals surface area contributed by atoms with Gasteiger partial charge in [-0.15, -0.1) is 0 Å². The van der Waals surface area contributed by atoms with Gasteiger partial charge in [0.15, 0.2) is 0 Å². The molecule has 1 heterocycles. The maximum Gasteiger partial charge on any atom is 0.233 e. The van der Waals surface area contributed by atoms with Gasteiger partial charge in [-0.1, -0.05) is 70.7 Å². The zero-order valence-electron chi connectivity index (χ0n) is 18.7. The van der Waals surface area contributed by atoms with Crippen molar-refractivity contribution in [3.05, 3.63) is 97.4 Å². The average Bonchev–Trinajstić information content (AvgIpc) is 3.61. The maximum absolute atomic E-state index is 13.9. The summed E-state index contributed by atoms with van der Waals surface area (Å²) in [6.45, 7) is 3.86. The van der Waals surface area contributed by atoms with E-state index >= 15 is 0 Å². The summed E-state index contributed by atoms with van der Waals surface area (Å²) in [6.07, 6.45) is 1.59. The van der Waals surface area contributed by atoms with Gasteiger partial charge >= 0.3 is 0 Å². The van der Waals surface area contributed by atoms with Gasteiger partial charge in [0.25, 0.3) is 0 Å². The Balaban J connectivity index is 1.47. The summed E-state index contributed by atoms with van der Waals surface area (Å²) in [5.41, 5.74) is 3.49. The van der Waals surface area contributed by atoms with Crippen molar-refractivity contribution in [3.63, 3.8) is 0 Å². The Morgan fingerprint density at radius 2 is 1.56 bits per heavy atom. The summed E-state index contributed by atoms with van der Waals surface area (Å²) in [7, 11) is 0. The lowest BCUT2D eigenvalue weighted by Crippen LogP contribution is -2.53. The fraction of sp³-hybridized carbons (Fsp3) is 0.296. The van der Waals surface area contributed by atoms with E-state index < -0.39 is 5.41 Å². The number of piperazine rings is 1. The topological polar surface area (TPSA) is 23.6 Å². The number of halogens is 4. The molecule has 1 saturated heterocycles. The summed E-state index contributed by atoms with van der Waals surface area (Å²) in [4.78, 5) is 18.2. The van der Waals surface area contributed by atoms with Crippen LogP contribution in [-0.4, -0.2) is 30.4 Å². The number of anilines is 1. The molecule has 0 aromatic heterocycles. The standard InChI is InChI=1S/C27H24Cl4N2O/c1-17-2-9-24(23(31)14-17)33-13-12-32(16-25(33)18-3-5-19(28)6-4-18)26(34)27(10-11-27)21-8-7-20(29)15-22(21)30/h2-9,14-15,25H,10-13,16H2,1H3. The molecule has 5 rings (SSSR count). The van der Waals surface area contributed by atoms with E-state index in [9.17, 15) is 4.79 Å². The number of amides is 1. The number of benzene rings is 3. The molecule has 34 heavy (non-hydrogen) atoms. The Hall–Kier alpha value is -1.91. The Kier molecular flexibility index (Phi) is 6.50. The number of carbonyl (C=O) groups excluding carboxylic acids is 1. The lowest BCUT2D eigenvalue weighted by atomic mass is 9.92. The first-order valence-electron chi connectivity index (χ1n) is 11.3. The maximum atomic E-state index is 13.9. The van der Waals surface area contributed by atoms with Crippen molar-refractivity contribution in [1.82, 2.24) is 4.90 Å². The molecule has 1 unspecified atom stereocenters. The van der Waals surface area contributed by atoms with Crippen molar-refractivity contribution in [3.8, 4) is 0 Å². The average molecular weight is 534 g/mol. The van der Waals surface area contributed by atoms with Crippen molar-refractivity contribution >= 4 is 58.0 Å². The third-order valence-corrected chi connectivity index (χ3v) is 8.04. The molecule has 0 radical (unpaired) electrons. The smallest absolute Gasteiger partial charge is 0.233 e. The fourth-order valence-corrected chi connectivity index (χ4v) is 6.03. The van der Waals surface area contributed by atoms with Crippen molar-refractivity contribution in [1.29, 1.82) is 0 Å². The van der Waals surface area contributed by atoms with Gasteiger partial charge in [-0.2, -0.15) is 0 Å². The van der Waals surface area contributed by atoms with Crippen molar-refractivity contribution in [2.75, 3.05) is 24.5 Å². The van der Waals surface area contributed by atoms with Crippen LogP contribution in [0.15, 0.2) is 60.7 Å². The molecule has 0 bridgehead atoms. The first-order valence-corrected chi connectivity index (χ1v) is 12.8. The fourth-order valence-electron chi connectivity index (χ4n) is 4.97. The van der Waals surface area contributed by atoms with Gasteiger partial charge in [-0.25, -0.2) is 0 Å². The van der Waals surface area contributed by atoms with E-state index in [1.165, 1.54) is 0 Å². The molecule has 3 nitrogen and oxygen atoms in total. The van der Waals surface area contributed by atoms with Crippen LogP contribution in [0.5, 0.6) is 0 Å². The van der Waals surface area contributed by atoms with Crippen LogP contribution in [0.2, 0.25) is 20.1 Å². The van der Waals surface area contributed by atoms with Crippen molar-refractivity contribution in [2.45, 2.75) is 31.2 Å². The van der Waals surface area contributed by atoms with Gasteiger partial charge in [0, 0.05) is 34.7 Å². The highest BCUT2D eigenvalue weighted by Crippen LogP contribution is 2.52. The molecule has 0 spiro atoms. The SMILES string of the molecule is Cc1ccc(N2CCN(C(=O)C3(c4ccc(Cl)cc4Cl)CC3)CC2c2ccc(Cl)cc2)c(Cl)c1. The summed E-state index contributed by atoms with van der Waals surface area (Å²) >= 11 is 25.5. The Labute approximate surface area is 220 Å². The summed E-state index contributed by atoms with van der Waals surface area (Å²) in [6, 6.07) is 19.3. The monoisotopic (exact) mass is 532 g/mol. The molecule has 1 saturated carbocycles. The predicted molar refractivity (Wildman–Crippen MR) is 142 cm³/mol. The molecule has 3 aromatic rings. The van der Waals surface area contributed by atoms with Gasteiger partial charge in [0.2, 0.25) is 5.91 Å². The van der Waals surface area contributed by atoms with E-state index in [0.29, 0.717) is 39.7 Å². The molecular formula is C27H24Cl4N2O. The van der Waals surface area contributed by atoms with Crippen molar-refractivity contribution < 1.29 is 4.79 Å². The molecule has 0 N–H and O–H groups in total. The zero-order chi connectivity index (χ0) is 24.0. The summed E-state index contributed by atoms with van der Waals surface area (Å²) < 4.78 is 0. The normalized spacial score (nSPS) is 19.3. The van der Waals surface area contributed by atoms with E-state index in [4.69, 9.17) is 46.4 Å². The highest BCUT2D eigenvalue weighted by atomic mass is 35.5. The van der Waals surface area contributed by atoms with Gasteiger partial charge in [0.1, 0.15) is 0 Å². The Morgan fingerprint density at radius 1 is 0.853 bits per heavy atom. The lowest BCUT2D eigenvalue weighted by molar-refractivity contribution is -0.134. The quantitative estimate of drug-likeness (QED) is 0.342. The van der Waals surface area contributed by atoms with Crippen LogP contribution < -0.4 is 4.90 Å². The highest BCUT2D eigenvalue weighted by Gasteiger charge is 2.54. The van der Waals surface area contributed by atoms with Crippen LogP contribution >= 0.6 is 46.4 Å². The van der Waals surface area contributed by atoms with Gasteiger partial charge in [0.05, 0.1) is 22.2 Å². The Bertz CT molecular complexity index is 1240. The van der Waals surface area contributed by atoms with Crippen LogP contribution in [0.3, 0.4) is 0 Å². The number of nitrogens with zero attached hydrogens (tertiary/aromatic N) is 2. The molecule has 1 amide bonds. The third-order valence-electron chi connectivity index (χ3n) is 6.94. The summed E-state index contributed by atoms with van der Waals surface area (Å²) in [5, 5.41) is 2.52. The molecule has 1 aliphatic heterocycles. The van der Waals surface area contributed by atoms with E-state index in [0.717, 1.165) is 35.2 Å². The van der Waals surface area contributed by atoms with Crippen LogP contribution in [-0.2, 0) is 10.2 Å². The molecule has 176 valence electrons. The van der Waals surface area contributed by atoms with E-state index in [1.54, 1.807) is 6.07 Å². The first-order chi connectivity index (χ1) is 16.3. The first kappa shape index (κ1) is 23.8. The zero-order valence-corrected chi connectivity index (χ0v) is 21.7. The van der Waals surface area contributed by atoms with E-state index in [2.05, 4.69) is 17.0 Å². The van der Waals surface area contributed by atoms with Gasteiger partial charge in [-0.05, 0) is 72.9 Å². The van der Waals surface area contributed by atoms with Gasteiger partial charge in [-0.3, -0.25) is 4.79 Å². The number of carbonyl (C=O) groups is 1. The van der Waals surface area contributed by atoms with Crippen LogP contribution in [0.25, 0.3) is 0 Å². The number of hydrogen-bond donors (Lipinski definition) is 0. The number of hydrogen-bond acceptors (Lipinski definition) is 2. The molecule has 7 heteroatoms. The molecule has 1 atom stereocenters. The molecule has 1 aliphatic carbocycles. The minimum atomic E-state index is -0.560. The molecule has 2 fully saturated rings. The van der Waals surface area contributed by atoms with Crippen LogP contribution in [0.1, 0.15) is 35.6 Å². The second-order valence-electron chi connectivity index (χ2n) is 9.17. The minimum absolute atomic E-state index is 0.0494. The largest absolute Gasteiger partial charge is 0.360 e. The second-order valence-corrected chi connectivity index (χ2v) is 10.9. The molecule has 2 aliphatic rings. The predicted octanol–water partition coefficient (Wildman–Crippen LogP) is 7.73. The van der Waals surface area contributed by atoms with E-state index in [1.807, 2.05) is 54.3 Å². The van der Waals surface area contributed by atoms with Crippen LogP contribution in [0.4, 0.5) is 5.69 Å². The van der Waals surface area contributed by atoms with Crippen molar-refractivity contribution in [2.24, 2.45) is 0 Å². The second kappa shape index (κ2) is 9.28. The van der Waals surface area contributed by atoms with Gasteiger partial charge < -0.3 is 9.80 Å². The van der Waals surface area contributed by atoms with Crippen LogP contribution in [0, 0.1) is 6.92 Å². The molecular weight excluding hydrogens is 510 g/mol. The number of aryl methyl sites for hydroxylation is 1. The minimum Gasteiger partial charge on any atom is -0.360 e. The number of rotatable bonds is 4. The summed E-state index contributed by atoms with van der Waals surface area (Å²) in [5.74, 6) is 0.130. The molecule has 3 aromatic carbocycles.